The van der Waals surface area contributed by atoms with E-state index in [1.807, 2.05) is 13.8 Å². The second-order valence-electron chi connectivity index (χ2n) is 6.09. The second kappa shape index (κ2) is 4.69. The van der Waals surface area contributed by atoms with Crippen molar-refractivity contribution in [3.8, 4) is 0 Å². The van der Waals surface area contributed by atoms with Gasteiger partial charge in [0.25, 0.3) is 5.91 Å². The third-order valence-electron chi connectivity index (χ3n) is 2.13. The van der Waals surface area contributed by atoms with E-state index in [0.29, 0.717) is 0 Å². The van der Waals surface area contributed by atoms with E-state index in [4.69, 9.17) is 16.1 Å². The monoisotopic (exact) mass is 258 g/mol. The fourth-order valence-electron chi connectivity index (χ4n) is 2.10. The molecule has 0 aliphatic heterocycles. The lowest BCUT2D eigenvalue weighted by atomic mass is 9.82. The molecule has 1 aromatic heterocycles. The van der Waals surface area contributed by atoms with E-state index in [2.05, 4.69) is 31.2 Å². The van der Waals surface area contributed by atoms with Gasteiger partial charge in [-0.2, -0.15) is 0 Å². The topological polar surface area (TPSA) is 55.1 Å². The minimum Gasteiger partial charge on any atom is -0.349 e. The van der Waals surface area contributed by atoms with Crippen LogP contribution in [-0.2, 0) is 0 Å². The summed E-state index contributed by atoms with van der Waals surface area (Å²) in [5, 5.41) is 6.57. The number of carbonyl (C=O) groups is 1. The van der Waals surface area contributed by atoms with E-state index in [1.54, 1.807) is 0 Å². The molecule has 1 heterocycles. The van der Waals surface area contributed by atoms with Crippen molar-refractivity contribution >= 4 is 17.5 Å². The highest BCUT2D eigenvalue weighted by Gasteiger charge is 2.28. The van der Waals surface area contributed by atoms with Crippen LogP contribution < -0.4 is 5.32 Å². The van der Waals surface area contributed by atoms with Gasteiger partial charge in [0.1, 0.15) is 0 Å². The quantitative estimate of drug-likeness (QED) is 0.905. The predicted octanol–water partition coefficient (Wildman–Crippen LogP) is 3.27. The minimum absolute atomic E-state index is 0.135. The Kier molecular flexibility index (Phi) is 3.87. The zero-order valence-corrected chi connectivity index (χ0v) is 11.7. The van der Waals surface area contributed by atoms with Crippen molar-refractivity contribution in [2.24, 2.45) is 5.41 Å². The number of amides is 1. The van der Waals surface area contributed by atoms with Gasteiger partial charge in [-0.15, -0.1) is 0 Å². The summed E-state index contributed by atoms with van der Waals surface area (Å²) in [5.74, 6) is -0.157. The van der Waals surface area contributed by atoms with E-state index in [-0.39, 0.29) is 27.8 Å². The molecule has 4 nitrogen and oxygen atoms in total. The van der Waals surface area contributed by atoms with Crippen LogP contribution in [-0.4, -0.2) is 16.6 Å². The molecular weight excluding hydrogens is 240 g/mol. The molecule has 96 valence electrons. The first-order valence-electron chi connectivity index (χ1n) is 5.54. The molecule has 0 aliphatic rings. The third-order valence-corrected chi connectivity index (χ3v) is 2.31. The van der Waals surface area contributed by atoms with Crippen LogP contribution in [0.3, 0.4) is 0 Å². The van der Waals surface area contributed by atoms with E-state index < -0.39 is 0 Å². The van der Waals surface area contributed by atoms with Crippen LogP contribution in [0, 0.1) is 5.41 Å². The summed E-state index contributed by atoms with van der Waals surface area (Å²) in [4.78, 5) is 11.9. The Morgan fingerprint density at radius 1 is 1.41 bits per heavy atom. The minimum atomic E-state index is -0.311. The normalized spacial score (nSPS) is 12.6. The summed E-state index contributed by atoms with van der Waals surface area (Å²) < 4.78 is 4.81. The third kappa shape index (κ3) is 4.77. The van der Waals surface area contributed by atoms with Crippen LogP contribution in [0.1, 0.15) is 51.6 Å². The number of carbonyl (C=O) groups excluding carboxylic acids is 1. The van der Waals surface area contributed by atoms with Crippen LogP contribution >= 0.6 is 11.6 Å². The molecule has 0 spiro atoms. The fourth-order valence-corrected chi connectivity index (χ4v) is 2.23. The Labute approximate surface area is 107 Å². The smallest absolute Gasteiger partial charge is 0.290 e. The number of aromatic nitrogens is 1. The first-order chi connectivity index (χ1) is 7.59. The lowest BCUT2D eigenvalue weighted by Gasteiger charge is -2.32. The molecule has 0 radical (unpaired) electrons. The van der Waals surface area contributed by atoms with Gasteiger partial charge in [-0.1, -0.05) is 37.5 Å². The van der Waals surface area contributed by atoms with Gasteiger partial charge >= 0.3 is 0 Å². The molecule has 5 heteroatoms. The van der Waals surface area contributed by atoms with Crippen molar-refractivity contribution in [3.63, 3.8) is 0 Å². The lowest BCUT2D eigenvalue weighted by molar-refractivity contribution is 0.0853. The molecule has 0 aromatic carbocycles. The molecule has 0 fully saturated rings. The number of halogens is 1. The van der Waals surface area contributed by atoms with Crippen LogP contribution in [0.4, 0.5) is 0 Å². The summed E-state index contributed by atoms with van der Waals surface area (Å²) in [5.41, 5.74) is -0.176. The molecule has 0 saturated carbocycles. The van der Waals surface area contributed by atoms with Crippen molar-refractivity contribution in [2.75, 3.05) is 0 Å². The molecule has 1 aromatic rings. The van der Waals surface area contributed by atoms with E-state index in [0.717, 1.165) is 6.42 Å². The molecule has 0 saturated heterocycles. The molecule has 0 atom stereocenters. The van der Waals surface area contributed by atoms with Gasteiger partial charge in [0.15, 0.2) is 5.15 Å². The maximum absolute atomic E-state index is 11.9. The lowest BCUT2D eigenvalue weighted by Crippen LogP contribution is -2.45. The average Bonchev–Trinajstić information content (AvgIpc) is 2.45. The van der Waals surface area contributed by atoms with Crippen molar-refractivity contribution in [1.29, 1.82) is 0 Å². The zero-order valence-electron chi connectivity index (χ0n) is 10.9. The Hall–Kier alpha value is -1.03. The van der Waals surface area contributed by atoms with Gasteiger partial charge < -0.3 is 9.84 Å². The molecule has 1 rings (SSSR count). The maximum atomic E-state index is 11.9. The molecule has 1 N–H and O–H groups in total. The van der Waals surface area contributed by atoms with Gasteiger partial charge in [-0.25, -0.2) is 0 Å². The summed E-state index contributed by atoms with van der Waals surface area (Å²) in [7, 11) is 0. The highest BCUT2D eigenvalue weighted by atomic mass is 35.5. The first-order valence-corrected chi connectivity index (χ1v) is 5.92. The number of hydrogen-bond acceptors (Lipinski definition) is 3. The zero-order chi connectivity index (χ0) is 13.3. The molecule has 0 unspecified atom stereocenters. The SMILES string of the molecule is CC(C)(C)CC(C)(C)NC(=O)c1cc(Cl)no1. The largest absolute Gasteiger partial charge is 0.349 e. The standard InChI is InChI=1S/C12H19ClN2O2/c1-11(2,3)7-12(4,5)14-10(16)8-6-9(13)15-17-8/h6H,7H2,1-5H3,(H,14,16). The van der Waals surface area contributed by atoms with Crippen molar-refractivity contribution in [2.45, 2.75) is 46.6 Å². The number of hydrogen-bond donors (Lipinski definition) is 1. The average molecular weight is 259 g/mol. The molecular formula is C12H19ClN2O2. The highest BCUT2D eigenvalue weighted by molar-refractivity contribution is 6.29. The molecule has 0 aliphatic carbocycles. The summed E-state index contributed by atoms with van der Waals surface area (Å²) in [6.07, 6.45) is 0.855. The Morgan fingerprint density at radius 3 is 2.41 bits per heavy atom. The fraction of sp³-hybridized carbons (Fsp3) is 0.667. The van der Waals surface area contributed by atoms with Crippen molar-refractivity contribution < 1.29 is 9.32 Å². The molecule has 0 bridgehead atoms. The van der Waals surface area contributed by atoms with E-state index in [1.165, 1.54) is 6.07 Å². The Morgan fingerprint density at radius 2 is 2.00 bits per heavy atom. The maximum Gasteiger partial charge on any atom is 0.290 e. The Balaban J connectivity index is 2.68. The molecule has 17 heavy (non-hydrogen) atoms. The van der Waals surface area contributed by atoms with Gasteiger partial charge in [0.2, 0.25) is 5.76 Å². The summed E-state index contributed by atoms with van der Waals surface area (Å²) in [6.45, 7) is 10.4. The highest BCUT2D eigenvalue weighted by Crippen LogP contribution is 2.27. The summed E-state index contributed by atoms with van der Waals surface area (Å²) >= 11 is 5.60. The van der Waals surface area contributed by atoms with Crippen molar-refractivity contribution in [1.82, 2.24) is 10.5 Å². The van der Waals surface area contributed by atoms with Gasteiger partial charge in [-0.05, 0) is 25.7 Å². The second-order valence-corrected chi connectivity index (χ2v) is 6.48. The van der Waals surface area contributed by atoms with Crippen LogP contribution in [0.2, 0.25) is 5.15 Å². The number of nitrogens with zero attached hydrogens (tertiary/aromatic N) is 1. The van der Waals surface area contributed by atoms with E-state index in [9.17, 15) is 4.79 Å². The van der Waals surface area contributed by atoms with Gasteiger partial charge in [-0.3, -0.25) is 4.79 Å². The van der Waals surface area contributed by atoms with Crippen LogP contribution in [0.5, 0.6) is 0 Å². The van der Waals surface area contributed by atoms with Gasteiger partial charge in [0, 0.05) is 11.6 Å². The first kappa shape index (κ1) is 14.0. The van der Waals surface area contributed by atoms with E-state index >= 15 is 0 Å². The number of rotatable bonds is 3. The summed E-state index contributed by atoms with van der Waals surface area (Å²) in [6, 6.07) is 1.41. The van der Waals surface area contributed by atoms with Crippen LogP contribution in [0.25, 0.3) is 0 Å². The Bertz CT molecular complexity index is 405. The van der Waals surface area contributed by atoms with Gasteiger partial charge in [0.05, 0.1) is 0 Å². The molecule has 1 amide bonds. The predicted molar refractivity (Wildman–Crippen MR) is 67.1 cm³/mol. The number of nitrogens with one attached hydrogen (secondary N) is 1. The van der Waals surface area contributed by atoms with Crippen LogP contribution in [0.15, 0.2) is 10.6 Å². The van der Waals surface area contributed by atoms with Crippen molar-refractivity contribution in [3.05, 3.63) is 17.0 Å².